The Balaban J connectivity index is 3.41. The number of rotatable bonds is 7. The van der Waals surface area contributed by atoms with Gasteiger partial charge in [0, 0.05) is 6.26 Å². The van der Waals surface area contributed by atoms with Gasteiger partial charge in [0.15, 0.2) is 9.84 Å². The zero-order chi connectivity index (χ0) is 15.3. The summed E-state index contributed by atoms with van der Waals surface area (Å²) in [7, 11) is -0.0722. The van der Waals surface area contributed by atoms with Crippen molar-refractivity contribution >= 4 is 9.84 Å². The van der Waals surface area contributed by atoms with Gasteiger partial charge in [0.05, 0.1) is 31.1 Å². The molecule has 0 spiro atoms. The number of nitrogens with one attached hydrogen (secondary N) is 1. The second kappa shape index (κ2) is 6.95. The lowest BCUT2D eigenvalue weighted by atomic mass is 10.0. The highest BCUT2D eigenvalue weighted by molar-refractivity contribution is 7.91. The molecule has 0 radical (unpaired) electrons. The lowest BCUT2D eigenvalue weighted by Crippen LogP contribution is -2.35. The van der Waals surface area contributed by atoms with Crippen LogP contribution in [0.2, 0.25) is 0 Å². The Labute approximate surface area is 121 Å². The van der Waals surface area contributed by atoms with E-state index in [0.29, 0.717) is 18.0 Å². The van der Waals surface area contributed by atoms with Crippen LogP contribution in [0.1, 0.15) is 25.5 Å². The van der Waals surface area contributed by atoms with E-state index >= 15 is 0 Å². The standard InChI is InChI=1S/C14H23NO4S/c1-6-15-14(10(2)20(5,16)17)13-11(18-3)8-7-9-12(13)19-4/h7-10,14-15H,6H2,1-5H3. The van der Waals surface area contributed by atoms with Crippen LogP contribution in [0.15, 0.2) is 18.2 Å². The van der Waals surface area contributed by atoms with Crippen molar-refractivity contribution in [1.29, 1.82) is 0 Å². The van der Waals surface area contributed by atoms with Crippen molar-refractivity contribution in [1.82, 2.24) is 5.32 Å². The first-order valence-corrected chi connectivity index (χ1v) is 8.45. The van der Waals surface area contributed by atoms with Crippen LogP contribution in [0.4, 0.5) is 0 Å². The van der Waals surface area contributed by atoms with Crippen LogP contribution in [0.5, 0.6) is 11.5 Å². The average molecular weight is 301 g/mol. The molecule has 0 aliphatic rings. The van der Waals surface area contributed by atoms with Gasteiger partial charge >= 0.3 is 0 Å². The third-order valence-electron chi connectivity index (χ3n) is 3.35. The average Bonchev–Trinajstić information content (AvgIpc) is 2.42. The second-order valence-electron chi connectivity index (χ2n) is 4.65. The number of hydrogen-bond acceptors (Lipinski definition) is 5. The zero-order valence-electron chi connectivity index (χ0n) is 12.6. The van der Waals surface area contributed by atoms with Crippen molar-refractivity contribution in [2.24, 2.45) is 0 Å². The summed E-state index contributed by atoms with van der Waals surface area (Å²) in [5, 5.41) is 2.63. The molecule has 20 heavy (non-hydrogen) atoms. The third kappa shape index (κ3) is 3.64. The Morgan fingerprint density at radius 2 is 1.70 bits per heavy atom. The highest BCUT2D eigenvalue weighted by atomic mass is 32.2. The molecule has 0 aliphatic heterocycles. The largest absolute Gasteiger partial charge is 0.496 e. The molecule has 1 rings (SSSR count). The van der Waals surface area contributed by atoms with Crippen LogP contribution in [-0.2, 0) is 9.84 Å². The predicted octanol–water partition coefficient (Wildman–Crippen LogP) is 1.79. The number of ether oxygens (including phenoxy) is 2. The van der Waals surface area contributed by atoms with Crippen LogP contribution in [0.25, 0.3) is 0 Å². The van der Waals surface area contributed by atoms with Gasteiger partial charge in [0.25, 0.3) is 0 Å². The highest BCUT2D eigenvalue weighted by Crippen LogP contribution is 2.37. The van der Waals surface area contributed by atoms with Crippen molar-refractivity contribution in [3.05, 3.63) is 23.8 Å². The topological polar surface area (TPSA) is 64.6 Å². The second-order valence-corrected chi connectivity index (χ2v) is 7.05. The van der Waals surface area contributed by atoms with Crippen LogP contribution in [0.3, 0.4) is 0 Å². The Kier molecular flexibility index (Phi) is 5.83. The van der Waals surface area contributed by atoms with Gasteiger partial charge in [-0.1, -0.05) is 13.0 Å². The quantitative estimate of drug-likeness (QED) is 0.832. The molecule has 2 unspecified atom stereocenters. The fourth-order valence-corrected chi connectivity index (χ4v) is 2.88. The van der Waals surface area contributed by atoms with E-state index in [2.05, 4.69) is 5.32 Å². The minimum absolute atomic E-state index is 0.388. The minimum Gasteiger partial charge on any atom is -0.496 e. The molecule has 1 aromatic carbocycles. The molecule has 0 aliphatic carbocycles. The van der Waals surface area contributed by atoms with E-state index in [1.54, 1.807) is 33.3 Å². The van der Waals surface area contributed by atoms with Gasteiger partial charge in [-0.3, -0.25) is 0 Å². The maximum atomic E-state index is 11.9. The first kappa shape index (κ1) is 16.8. The summed E-state index contributed by atoms with van der Waals surface area (Å²) in [5.74, 6) is 1.23. The smallest absolute Gasteiger partial charge is 0.151 e. The maximum absolute atomic E-state index is 11.9. The van der Waals surface area contributed by atoms with Crippen molar-refractivity contribution in [2.75, 3.05) is 27.0 Å². The van der Waals surface area contributed by atoms with Crippen molar-refractivity contribution < 1.29 is 17.9 Å². The van der Waals surface area contributed by atoms with E-state index in [-0.39, 0.29) is 6.04 Å². The Morgan fingerprint density at radius 1 is 1.20 bits per heavy atom. The Hall–Kier alpha value is -1.27. The van der Waals surface area contributed by atoms with E-state index in [1.165, 1.54) is 6.26 Å². The molecule has 1 N–H and O–H groups in total. The summed E-state index contributed by atoms with van der Waals surface area (Å²) >= 11 is 0. The predicted molar refractivity (Wildman–Crippen MR) is 80.3 cm³/mol. The number of methoxy groups -OCH3 is 2. The Bertz CT molecular complexity index is 520. The van der Waals surface area contributed by atoms with E-state index < -0.39 is 15.1 Å². The minimum atomic E-state index is -3.20. The molecule has 0 aromatic heterocycles. The summed E-state index contributed by atoms with van der Waals surface area (Å²) in [6.07, 6.45) is 1.24. The first-order valence-electron chi connectivity index (χ1n) is 6.49. The lowest BCUT2D eigenvalue weighted by Gasteiger charge is -2.27. The van der Waals surface area contributed by atoms with Gasteiger partial charge in [-0.2, -0.15) is 0 Å². The summed E-state index contributed by atoms with van der Waals surface area (Å²) in [6.45, 7) is 4.27. The maximum Gasteiger partial charge on any atom is 0.151 e. The van der Waals surface area contributed by atoms with Gasteiger partial charge in [-0.25, -0.2) is 8.42 Å². The van der Waals surface area contributed by atoms with Crippen molar-refractivity contribution in [3.63, 3.8) is 0 Å². The first-order chi connectivity index (χ1) is 9.36. The summed E-state index contributed by atoms with van der Waals surface area (Å²) < 4.78 is 34.5. The molecule has 0 bridgehead atoms. The molecule has 5 nitrogen and oxygen atoms in total. The van der Waals surface area contributed by atoms with Crippen LogP contribution < -0.4 is 14.8 Å². The lowest BCUT2D eigenvalue weighted by molar-refractivity contribution is 0.369. The van der Waals surface area contributed by atoms with Crippen LogP contribution in [-0.4, -0.2) is 40.7 Å². The Morgan fingerprint density at radius 3 is 2.05 bits per heavy atom. The zero-order valence-corrected chi connectivity index (χ0v) is 13.5. The van der Waals surface area contributed by atoms with Gasteiger partial charge in [-0.15, -0.1) is 0 Å². The van der Waals surface area contributed by atoms with E-state index in [4.69, 9.17) is 9.47 Å². The SMILES string of the molecule is CCNC(c1c(OC)cccc1OC)C(C)S(C)(=O)=O. The molecule has 0 saturated heterocycles. The summed E-state index contributed by atoms with van der Waals surface area (Å²) in [5.41, 5.74) is 0.734. The number of sulfone groups is 1. The fraction of sp³-hybridized carbons (Fsp3) is 0.571. The monoisotopic (exact) mass is 301 g/mol. The number of hydrogen-bond donors (Lipinski definition) is 1. The molecule has 0 heterocycles. The van der Waals surface area contributed by atoms with Gasteiger partial charge in [0.2, 0.25) is 0 Å². The summed E-state index contributed by atoms with van der Waals surface area (Å²) in [4.78, 5) is 0. The van der Waals surface area contributed by atoms with Gasteiger partial charge in [0.1, 0.15) is 11.5 Å². The van der Waals surface area contributed by atoms with Crippen LogP contribution in [0, 0.1) is 0 Å². The molecule has 114 valence electrons. The molecule has 0 saturated carbocycles. The van der Waals surface area contributed by atoms with E-state index in [0.717, 1.165) is 5.56 Å². The molecule has 2 atom stereocenters. The summed E-state index contributed by atoms with van der Waals surface area (Å²) in [6, 6.07) is 5.03. The molecule has 0 fully saturated rings. The fourth-order valence-electron chi connectivity index (χ4n) is 2.16. The molecule has 6 heteroatoms. The molecular formula is C14H23NO4S. The van der Waals surface area contributed by atoms with Crippen molar-refractivity contribution in [2.45, 2.75) is 25.1 Å². The number of benzene rings is 1. The van der Waals surface area contributed by atoms with Gasteiger partial charge in [-0.05, 0) is 25.6 Å². The molecule has 0 amide bonds. The van der Waals surface area contributed by atoms with E-state index in [9.17, 15) is 8.42 Å². The normalized spacial score (nSPS) is 14.7. The van der Waals surface area contributed by atoms with Gasteiger partial charge < -0.3 is 14.8 Å². The van der Waals surface area contributed by atoms with Crippen LogP contribution >= 0.6 is 0 Å². The van der Waals surface area contributed by atoms with Crippen molar-refractivity contribution in [3.8, 4) is 11.5 Å². The highest BCUT2D eigenvalue weighted by Gasteiger charge is 2.31. The third-order valence-corrected chi connectivity index (χ3v) is 4.97. The molecular weight excluding hydrogens is 278 g/mol. The molecule has 1 aromatic rings. The van der Waals surface area contributed by atoms with E-state index in [1.807, 2.05) is 13.0 Å².